The van der Waals surface area contributed by atoms with Gasteiger partial charge in [0.2, 0.25) is 0 Å². The van der Waals surface area contributed by atoms with Gasteiger partial charge in [-0.15, -0.1) is 0 Å². The van der Waals surface area contributed by atoms with Crippen LogP contribution in [0, 0.1) is 5.82 Å². The van der Waals surface area contributed by atoms with Gasteiger partial charge in [0.25, 0.3) is 5.91 Å². The van der Waals surface area contributed by atoms with Crippen LogP contribution in [0.5, 0.6) is 0 Å². The van der Waals surface area contributed by atoms with Crippen molar-refractivity contribution in [3.8, 4) is 0 Å². The number of nitrogens with one attached hydrogen (secondary N) is 1. The fourth-order valence-corrected chi connectivity index (χ4v) is 1.99. The summed E-state index contributed by atoms with van der Waals surface area (Å²) < 4.78 is 13.4. The van der Waals surface area contributed by atoms with Crippen molar-refractivity contribution in [3.05, 3.63) is 59.4 Å². The van der Waals surface area contributed by atoms with Crippen molar-refractivity contribution in [2.75, 3.05) is 11.1 Å². The van der Waals surface area contributed by atoms with Crippen molar-refractivity contribution in [1.29, 1.82) is 0 Å². The Bertz CT molecular complexity index is 657. The number of benzene rings is 2. The van der Waals surface area contributed by atoms with Crippen LogP contribution in [0.15, 0.2) is 42.5 Å². The Hall–Kier alpha value is -2.36. The molecule has 0 unspecified atom stereocenters. The summed E-state index contributed by atoms with van der Waals surface area (Å²) in [7, 11) is 0. The second kappa shape index (κ2) is 5.56. The molecule has 0 spiro atoms. The predicted molar refractivity (Wildman–Crippen MR) is 83.9 cm³/mol. The number of halogens is 1. The first kappa shape index (κ1) is 15.0. The normalized spacial score (nSPS) is 11.2. The molecule has 0 fully saturated rings. The molecule has 2 rings (SSSR count). The minimum absolute atomic E-state index is 0.0511. The van der Waals surface area contributed by atoms with E-state index in [1.54, 1.807) is 0 Å². The zero-order chi connectivity index (χ0) is 15.6. The summed E-state index contributed by atoms with van der Waals surface area (Å²) in [6.07, 6.45) is 0. The van der Waals surface area contributed by atoms with Crippen LogP contribution < -0.4 is 11.1 Å². The molecular weight excluding hydrogens is 267 g/mol. The lowest BCUT2D eigenvalue weighted by Gasteiger charge is -2.19. The van der Waals surface area contributed by atoms with Gasteiger partial charge in [-0.2, -0.15) is 0 Å². The SMILES string of the molecule is CC(C)(C)c1ccc(NC(=O)c2cccc(F)c2N)cc1. The molecule has 0 aliphatic heterocycles. The smallest absolute Gasteiger partial charge is 0.257 e. The minimum atomic E-state index is -0.592. The maximum absolute atomic E-state index is 13.4. The fourth-order valence-electron chi connectivity index (χ4n) is 1.99. The molecule has 4 heteroatoms. The Labute approximate surface area is 124 Å². The minimum Gasteiger partial charge on any atom is -0.396 e. The summed E-state index contributed by atoms with van der Waals surface area (Å²) in [5.41, 5.74) is 7.45. The number of hydrogen-bond acceptors (Lipinski definition) is 2. The van der Waals surface area contributed by atoms with Gasteiger partial charge in [-0.1, -0.05) is 39.0 Å². The number of para-hydroxylation sites is 1. The summed E-state index contributed by atoms with van der Waals surface area (Å²) >= 11 is 0. The van der Waals surface area contributed by atoms with Crippen LogP contribution in [0.4, 0.5) is 15.8 Å². The van der Waals surface area contributed by atoms with Crippen molar-refractivity contribution in [3.63, 3.8) is 0 Å². The van der Waals surface area contributed by atoms with E-state index in [1.807, 2.05) is 24.3 Å². The summed E-state index contributed by atoms with van der Waals surface area (Å²) in [5.74, 6) is -1.01. The van der Waals surface area contributed by atoms with E-state index in [4.69, 9.17) is 5.73 Å². The number of carbonyl (C=O) groups is 1. The Morgan fingerprint density at radius 2 is 1.71 bits per heavy atom. The summed E-state index contributed by atoms with van der Waals surface area (Å²) in [6.45, 7) is 6.36. The Morgan fingerprint density at radius 1 is 1.10 bits per heavy atom. The fraction of sp³-hybridized carbons (Fsp3) is 0.235. The first-order chi connectivity index (χ1) is 9.79. The van der Waals surface area contributed by atoms with Gasteiger partial charge in [0, 0.05) is 5.69 Å². The number of nitrogen functional groups attached to an aromatic ring is 1. The van der Waals surface area contributed by atoms with Crippen molar-refractivity contribution in [1.82, 2.24) is 0 Å². The van der Waals surface area contributed by atoms with E-state index < -0.39 is 11.7 Å². The number of rotatable bonds is 2. The van der Waals surface area contributed by atoms with Gasteiger partial charge in [0.15, 0.2) is 0 Å². The molecule has 0 heterocycles. The molecule has 3 nitrogen and oxygen atoms in total. The molecule has 3 N–H and O–H groups in total. The molecule has 0 atom stereocenters. The van der Waals surface area contributed by atoms with E-state index in [2.05, 4.69) is 26.1 Å². The summed E-state index contributed by atoms with van der Waals surface area (Å²) in [5, 5.41) is 2.72. The van der Waals surface area contributed by atoms with Gasteiger partial charge in [0.1, 0.15) is 5.82 Å². The first-order valence-electron chi connectivity index (χ1n) is 6.75. The van der Waals surface area contributed by atoms with Gasteiger partial charge in [-0.3, -0.25) is 4.79 Å². The lowest BCUT2D eigenvalue weighted by Crippen LogP contribution is -2.15. The molecule has 2 aromatic rings. The van der Waals surface area contributed by atoms with Gasteiger partial charge in [-0.05, 0) is 35.2 Å². The van der Waals surface area contributed by atoms with Crippen molar-refractivity contribution >= 4 is 17.3 Å². The van der Waals surface area contributed by atoms with Gasteiger partial charge >= 0.3 is 0 Å². The molecule has 0 aliphatic rings. The zero-order valence-corrected chi connectivity index (χ0v) is 12.4. The number of anilines is 2. The third-order valence-corrected chi connectivity index (χ3v) is 3.31. The van der Waals surface area contributed by atoms with Crippen molar-refractivity contribution < 1.29 is 9.18 Å². The van der Waals surface area contributed by atoms with Crippen molar-refractivity contribution in [2.45, 2.75) is 26.2 Å². The van der Waals surface area contributed by atoms with Gasteiger partial charge in [0.05, 0.1) is 11.3 Å². The predicted octanol–water partition coefficient (Wildman–Crippen LogP) is 3.96. The van der Waals surface area contributed by atoms with Gasteiger partial charge in [-0.25, -0.2) is 4.39 Å². The molecule has 0 aromatic heterocycles. The summed E-state index contributed by atoms with van der Waals surface area (Å²) in [6, 6.07) is 11.8. The van der Waals surface area contributed by atoms with E-state index >= 15 is 0 Å². The maximum Gasteiger partial charge on any atom is 0.257 e. The molecule has 1 amide bonds. The van der Waals surface area contributed by atoms with Crippen molar-refractivity contribution in [2.24, 2.45) is 0 Å². The second-order valence-corrected chi connectivity index (χ2v) is 5.98. The van der Waals surface area contributed by atoms with Crippen LogP contribution in [-0.2, 0) is 5.41 Å². The van der Waals surface area contributed by atoms with Crippen LogP contribution in [0.2, 0.25) is 0 Å². The highest BCUT2D eigenvalue weighted by molar-refractivity contribution is 6.07. The Kier molecular flexibility index (Phi) is 3.98. The third kappa shape index (κ3) is 3.40. The van der Waals surface area contributed by atoms with Crippen LogP contribution in [-0.4, -0.2) is 5.91 Å². The third-order valence-electron chi connectivity index (χ3n) is 3.31. The van der Waals surface area contributed by atoms with E-state index in [0.717, 1.165) is 0 Å². The zero-order valence-electron chi connectivity index (χ0n) is 12.4. The molecular formula is C17H19FN2O. The molecule has 0 bridgehead atoms. The van der Waals surface area contributed by atoms with Crippen LogP contribution in [0.1, 0.15) is 36.7 Å². The quantitative estimate of drug-likeness (QED) is 0.821. The van der Waals surface area contributed by atoms with Crippen LogP contribution >= 0.6 is 0 Å². The highest BCUT2D eigenvalue weighted by Crippen LogP contribution is 2.24. The highest BCUT2D eigenvalue weighted by atomic mass is 19.1. The Morgan fingerprint density at radius 3 is 2.29 bits per heavy atom. The van der Waals surface area contributed by atoms with Crippen LogP contribution in [0.25, 0.3) is 0 Å². The van der Waals surface area contributed by atoms with E-state index in [0.29, 0.717) is 5.69 Å². The monoisotopic (exact) mass is 286 g/mol. The molecule has 21 heavy (non-hydrogen) atoms. The molecule has 0 aliphatic carbocycles. The van der Waals surface area contributed by atoms with Crippen LogP contribution in [0.3, 0.4) is 0 Å². The van der Waals surface area contributed by atoms with E-state index in [9.17, 15) is 9.18 Å². The molecule has 110 valence electrons. The number of amides is 1. The number of hydrogen-bond donors (Lipinski definition) is 2. The number of nitrogens with two attached hydrogens (primary N) is 1. The number of carbonyl (C=O) groups excluding carboxylic acids is 1. The Balaban J connectivity index is 2.18. The topological polar surface area (TPSA) is 55.1 Å². The first-order valence-corrected chi connectivity index (χ1v) is 6.75. The molecule has 0 saturated carbocycles. The highest BCUT2D eigenvalue weighted by Gasteiger charge is 2.15. The standard InChI is InChI=1S/C17H19FN2O/c1-17(2,3)11-7-9-12(10-8-11)20-16(21)13-5-4-6-14(18)15(13)19/h4-10H,19H2,1-3H3,(H,20,21). The lowest BCUT2D eigenvalue weighted by atomic mass is 9.87. The lowest BCUT2D eigenvalue weighted by molar-refractivity contribution is 0.102. The molecule has 2 aromatic carbocycles. The average molecular weight is 286 g/mol. The maximum atomic E-state index is 13.4. The summed E-state index contributed by atoms with van der Waals surface area (Å²) in [4.78, 5) is 12.1. The van der Waals surface area contributed by atoms with E-state index in [-0.39, 0.29) is 16.7 Å². The molecule has 0 saturated heterocycles. The van der Waals surface area contributed by atoms with Gasteiger partial charge < -0.3 is 11.1 Å². The largest absolute Gasteiger partial charge is 0.396 e. The second-order valence-electron chi connectivity index (χ2n) is 5.98. The van der Waals surface area contributed by atoms with E-state index in [1.165, 1.54) is 23.8 Å². The average Bonchev–Trinajstić information content (AvgIpc) is 2.41. The molecule has 0 radical (unpaired) electrons.